The van der Waals surface area contributed by atoms with Crippen LogP contribution in [0.4, 0.5) is 0 Å². The van der Waals surface area contributed by atoms with E-state index >= 15 is 0 Å². The Labute approximate surface area is 70.9 Å². The molecule has 58 valence electrons. The van der Waals surface area contributed by atoms with E-state index in [0.29, 0.717) is 10.3 Å². The van der Waals surface area contributed by atoms with Crippen molar-refractivity contribution in [3.05, 3.63) is 0 Å². The van der Waals surface area contributed by atoms with Crippen LogP contribution in [0.1, 0.15) is 20.8 Å². The van der Waals surface area contributed by atoms with E-state index in [1.54, 1.807) is 6.92 Å². The molecule has 0 amide bonds. The lowest BCUT2D eigenvalue weighted by molar-refractivity contribution is 0.891. The molecule has 0 aliphatic heterocycles. The standard InChI is InChI=1S/C6H10Cl2N2/c1-4(2)6(8)10-9-5(3)7/h4H,1-3H3/b9-5-,10-6-. The average molecular weight is 181 g/mol. The first-order chi connectivity index (χ1) is 4.54. The predicted octanol–water partition coefficient (Wildman–Crippen LogP) is 2.85. The molecule has 0 radical (unpaired) electrons. The van der Waals surface area contributed by atoms with Crippen LogP contribution in [0.2, 0.25) is 0 Å². The molecule has 2 nitrogen and oxygen atoms in total. The highest BCUT2D eigenvalue weighted by molar-refractivity contribution is 6.66. The molecule has 4 heteroatoms. The van der Waals surface area contributed by atoms with Crippen LogP contribution >= 0.6 is 23.2 Å². The third kappa shape index (κ3) is 4.77. The van der Waals surface area contributed by atoms with Crippen molar-refractivity contribution in [3.8, 4) is 0 Å². The van der Waals surface area contributed by atoms with Crippen molar-refractivity contribution in [2.75, 3.05) is 0 Å². The molecule has 0 rings (SSSR count). The normalized spacial score (nSPS) is 14.6. The van der Waals surface area contributed by atoms with Crippen LogP contribution in [0.5, 0.6) is 0 Å². The van der Waals surface area contributed by atoms with Gasteiger partial charge in [-0.15, -0.1) is 10.2 Å². The lowest BCUT2D eigenvalue weighted by Crippen LogP contribution is -1.97. The van der Waals surface area contributed by atoms with E-state index in [2.05, 4.69) is 10.2 Å². The number of halogens is 2. The van der Waals surface area contributed by atoms with Gasteiger partial charge < -0.3 is 0 Å². The summed E-state index contributed by atoms with van der Waals surface area (Å²) in [5, 5.41) is 8.11. The van der Waals surface area contributed by atoms with Gasteiger partial charge in [0, 0.05) is 5.92 Å². The maximum Gasteiger partial charge on any atom is 0.131 e. The van der Waals surface area contributed by atoms with Crippen molar-refractivity contribution < 1.29 is 0 Å². The van der Waals surface area contributed by atoms with Crippen LogP contribution in [0.25, 0.3) is 0 Å². The molecular weight excluding hydrogens is 171 g/mol. The number of nitrogens with zero attached hydrogens (tertiary/aromatic N) is 2. The highest BCUT2D eigenvalue weighted by Gasteiger charge is 1.98. The fraction of sp³-hybridized carbons (Fsp3) is 0.667. The molecule has 0 aromatic carbocycles. The van der Waals surface area contributed by atoms with E-state index < -0.39 is 0 Å². The van der Waals surface area contributed by atoms with Gasteiger partial charge in [-0.1, -0.05) is 37.0 Å². The number of hydrogen-bond donors (Lipinski definition) is 0. The second-order valence-corrected chi connectivity index (χ2v) is 3.11. The van der Waals surface area contributed by atoms with E-state index in [1.807, 2.05) is 13.8 Å². The molecule has 0 aliphatic rings. The predicted molar refractivity (Wildman–Crippen MR) is 47.1 cm³/mol. The summed E-state index contributed by atoms with van der Waals surface area (Å²) in [5.41, 5.74) is 0. The third-order valence-electron chi connectivity index (χ3n) is 0.760. The topological polar surface area (TPSA) is 24.7 Å². The highest BCUT2D eigenvalue weighted by Crippen LogP contribution is 2.02. The molecule has 0 bridgehead atoms. The first-order valence-corrected chi connectivity index (χ1v) is 3.72. The largest absolute Gasteiger partial charge is 0.142 e. The summed E-state index contributed by atoms with van der Waals surface area (Å²) in [4.78, 5) is 0. The van der Waals surface area contributed by atoms with Crippen molar-refractivity contribution in [3.63, 3.8) is 0 Å². The Morgan fingerprint density at radius 1 is 1.20 bits per heavy atom. The minimum Gasteiger partial charge on any atom is -0.142 e. The molecule has 0 heterocycles. The van der Waals surface area contributed by atoms with E-state index in [-0.39, 0.29) is 5.92 Å². The fourth-order valence-corrected chi connectivity index (χ4v) is 0.308. The van der Waals surface area contributed by atoms with Crippen molar-refractivity contribution >= 4 is 33.5 Å². The molecule has 0 saturated carbocycles. The second kappa shape index (κ2) is 4.69. The molecule has 0 aromatic heterocycles. The molecular formula is C6H10Cl2N2. The molecule has 0 N–H and O–H groups in total. The molecule has 0 fully saturated rings. The van der Waals surface area contributed by atoms with Gasteiger partial charge in [0.15, 0.2) is 0 Å². The van der Waals surface area contributed by atoms with Crippen molar-refractivity contribution in [1.82, 2.24) is 0 Å². The van der Waals surface area contributed by atoms with Gasteiger partial charge in [0.25, 0.3) is 0 Å². The summed E-state index contributed by atoms with van der Waals surface area (Å²) in [6.07, 6.45) is 0. The second-order valence-electron chi connectivity index (χ2n) is 2.17. The van der Waals surface area contributed by atoms with Gasteiger partial charge in [-0.05, 0) is 6.92 Å². The van der Waals surface area contributed by atoms with E-state index in [4.69, 9.17) is 23.2 Å². The lowest BCUT2D eigenvalue weighted by atomic mass is 10.2. The fourth-order valence-electron chi connectivity index (χ4n) is 0.232. The third-order valence-corrected chi connectivity index (χ3v) is 1.35. The van der Waals surface area contributed by atoms with E-state index in [9.17, 15) is 0 Å². The highest BCUT2D eigenvalue weighted by atomic mass is 35.5. The molecule has 0 unspecified atom stereocenters. The smallest absolute Gasteiger partial charge is 0.131 e. The Morgan fingerprint density at radius 2 is 1.70 bits per heavy atom. The summed E-state index contributed by atoms with van der Waals surface area (Å²) < 4.78 is 0. The van der Waals surface area contributed by atoms with Gasteiger partial charge in [-0.2, -0.15) is 0 Å². The molecule has 10 heavy (non-hydrogen) atoms. The summed E-state index contributed by atoms with van der Waals surface area (Å²) in [6, 6.07) is 0. The summed E-state index contributed by atoms with van der Waals surface area (Å²) >= 11 is 11.1. The van der Waals surface area contributed by atoms with Crippen LogP contribution in [-0.4, -0.2) is 10.3 Å². The molecule has 0 aliphatic carbocycles. The molecule has 0 atom stereocenters. The molecule has 0 spiro atoms. The Morgan fingerprint density at radius 3 is 2.00 bits per heavy atom. The Hall–Kier alpha value is -0.0800. The minimum absolute atomic E-state index is 0.210. The van der Waals surface area contributed by atoms with Crippen LogP contribution in [0, 0.1) is 5.92 Å². The SMILES string of the molecule is C/C(Cl)=N/N=C(\Cl)C(C)C. The van der Waals surface area contributed by atoms with Gasteiger partial charge >= 0.3 is 0 Å². The van der Waals surface area contributed by atoms with Gasteiger partial charge in [0.2, 0.25) is 0 Å². The summed E-state index contributed by atoms with van der Waals surface area (Å²) in [5.74, 6) is 0.210. The van der Waals surface area contributed by atoms with Crippen LogP contribution in [-0.2, 0) is 0 Å². The summed E-state index contributed by atoms with van der Waals surface area (Å²) in [6.45, 7) is 5.52. The number of rotatable bonds is 2. The maximum absolute atomic E-state index is 5.64. The van der Waals surface area contributed by atoms with Gasteiger partial charge in [0.1, 0.15) is 10.3 Å². The monoisotopic (exact) mass is 180 g/mol. The zero-order valence-electron chi connectivity index (χ0n) is 6.23. The summed E-state index contributed by atoms with van der Waals surface area (Å²) in [7, 11) is 0. The van der Waals surface area contributed by atoms with Crippen molar-refractivity contribution in [2.45, 2.75) is 20.8 Å². The first-order valence-electron chi connectivity index (χ1n) is 2.97. The van der Waals surface area contributed by atoms with E-state index in [0.717, 1.165) is 0 Å². The van der Waals surface area contributed by atoms with Gasteiger partial charge in [-0.25, -0.2) is 0 Å². The van der Waals surface area contributed by atoms with Crippen LogP contribution in [0.3, 0.4) is 0 Å². The van der Waals surface area contributed by atoms with Gasteiger partial charge in [-0.3, -0.25) is 0 Å². The molecule has 0 saturated heterocycles. The Balaban J connectivity index is 4.05. The van der Waals surface area contributed by atoms with E-state index in [1.165, 1.54) is 0 Å². The number of hydrogen-bond acceptors (Lipinski definition) is 2. The quantitative estimate of drug-likeness (QED) is 0.462. The van der Waals surface area contributed by atoms with Crippen LogP contribution < -0.4 is 0 Å². The van der Waals surface area contributed by atoms with Crippen molar-refractivity contribution in [1.29, 1.82) is 0 Å². The van der Waals surface area contributed by atoms with Crippen LogP contribution in [0.15, 0.2) is 10.2 Å². The van der Waals surface area contributed by atoms with Crippen molar-refractivity contribution in [2.24, 2.45) is 16.1 Å². The molecule has 0 aromatic rings. The Bertz CT molecular complexity index is 157. The average Bonchev–Trinajstić information content (AvgIpc) is 1.82. The zero-order valence-corrected chi connectivity index (χ0v) is 7.74. The lowest BCUT2D eigenvalue weighted by Gasteiger charge is -1.96. The van der Waals surface area contributed by atoms with Gasteiger partial charge in [0.05, 0.1) is 0 Å². The minimum atomic E-state index is 0.210. The first kappa shape index (κ1) is 9.92. The Kier molecular flexibility index (Phi) is 4.65. The maximum atomic E-state index is 5.64. The zero-order chi connectivity index (χ0) is 8.15.